The average molecular weight is 468 g/mol. The molecule has 5 rings (SSSR count). The number of amides is 1. The van der Waals surface area contributed by atoms with Crippen LogP contribution in [0, 0.1) is 5.41 Å². The molecule has 1 N–H and O–H groups in total. The fourth-order valence-electron chi connectivity index (χ4n) is 5.57. The lowest BCUT2D eigenvalue weighted by Gasteiger charge is -2.42. The first-order valence-corrected chi connectivity index (χ1v) is 11.6. The van der Waals surface area contributed by atoms with Crippen molar-refractivity contribution in [1.82, 2.24) is 35.0 Å². The molecule has 2 aliphatic heterocycles. The van der Waals surface area contributed by atoms with Crippen LogP contribution in [0.1, 0.15) is 50.6 Å². The Kier molecular flexibility index (Phi) is 5.90. The minimum atomic E-state index is -0.361. The highest BCUT2D eigenvalue weighted by atomic mass is 16.5. The number of likely N-dealkylation sites (N-methyl/N-ethyl adjacent to an activating group) is 1. The van der Waals surface area contributed by atoms with Crippen LogP contribution in [-0.4, -0.2) is 84.8 Å². The zero-order valence-electron chi connectivity index (χ0n) is 19.4. The van der Waals surface area contributed by atoms with E-state index < -0.39 is 0 Å². The Morgan fingerprint density at radius 1 is 1.26 bits per heavy atom. The second-order valence-electron chi connectivity index (χ2n) is 9.43. The summed E-state index contributed by atoms with van der Waals surface area (Å²) in [6, 6.07) is 3.82. The summed E-state index contributed by atoms with van der Waals surface area (Å²) < 4.78 is 6.60. The van der Waals surface area contributed by atoms with E-state index in [1.165, 1.54) is 11.0 Å². The van der Waals surface area contributed by atoms with Gasteiger partial charge in [-0.05, 0) is 68.1 Å². The van der Waals surface area contributed by atoms with Crippen LogP contribution in [0.2, 0.25) is 0 Å². The number of aliphatic hydroxyl groups excluding tert-OH is 1. The Bertz CT molecular complexity index is 1090. The van der Waals surface area contributed by atoms with E-state index in [1.54, 1.807) is 18.0 Å². The van der Waals surface area contributed by atoms with Crippen LogP contribution in [0.4, 0.5) is 0 Å². The number of carbonyl (C=O) groups is 2. The second-order valence-corrected chi connectivity index (χ2v) is 9.43. The van der Waals surface area contributed by atoms with Gasteiger partial charge in [0, 0.05) is 18.8 Å². The van der Waals surface area contributed by atoms with Gasteiger partial charge < -0.3 is 14.7 Å². The van der Waals surface area contributed by atoms with Gasteiger partial charge in [-0.1, -0.05) is 6.07 Å². The van der Waals surface area contributed by atoms with Gasteiger partial charge >= 0.3 is 5.97 Å². The number of carbonyl (C=O) groups excluding carboxylic acids is 2. The standard InChI is InChI=1S/C23H29N7O4/c1-15-19(13-34-21(15)32)29-10-9-23(22(29)33)7-5-17(6-8-23)28(2)18(12-31)16-3-4-20(24-11-16)30-14-25-26-27-30/h3-4,11,14,17-18,31H,5-10,12-13H2,1-2H3. The highest BCUT2D eigenvalue weighted by molar-refractivity contribution is 5.94. The van der Waals surface area contributed by atoms with Crippen molar-refractivity contribution in [2.45, 2.75) is 51.1 Å². The first-order chi connectivity index (χ1) is 16.4. The fraction of sp³-hybridized carbons (Fsp3) is 0.565. The molecule has 180 valence electrons. The van der Waals surface area contributed by atoms with E-state index >= 15 is 0 Å². The molecule has 2 aromatic heterocycles. The molecule has 0 aromatic carbocycles. The third-order valence-corrected chi connectivity index (χ3v) is 7.81. The van der Waals surface area contributed by atoms with Crippen molar-refractivity contribution >= 4 is 11.9 Å². The topological polar surface area (TPSA) is 127 Å². The first-order valence-electron chi connectivity index (χ1n) is 11.6. The van der Waals surface area contributed by atoms with Crippen molar-refractivity contribution in [1.29, 1.82) is 0 Å². The summed E-state index contributed by atoms with van der Waals surface area (Å²) in [4.78, 5) is 33.6. The van der Waals surface area contributed by atoms with Gasteiger partial charge in [0.1, 0.15) is 12.9 Å². The molecule has 1 saturated carbocycles. The molecule has 0 bridgehead atoms. The van der Waals surface area contributed by atoms with E-state index in [9.17, 15) is 14.7 Å². The van der Waals surface area contributed by atoms with Crippen molar-refractivity contribution in [3.05, 3.63) is 41.5 Å². The van der Waals surface area contributed by atoms with Crippen LogP contribution in [0.5, 0.6) is 0 Å². The summed E-state index contributed by atoms with van der Waals surface area (Å²) in [6.07, 6.45) is 7.38. The molecule has 3 aliphatic rings. The molecule has 1 unspecified atom stereocenters. The minimum Gasteiger partial charge on any atom is -0.456 e. The van der Waals surface area contributed by atoms with Crippen LogP contribution in [0.25, 0.3) is 5.82 Å². The number of likely N-dealkylation sites (tertiary alicyclic amines) is 1. The van der Waals surface area contributed by atoms with Crippen LogP contribution in [-0.2, 0) is 14.3 Å². The number of nitrogens with zero attached hydrogens (tertiary/aromatic N) is 7. The lowest BCUT2D eigenvalue weighted by atomic mass is 9.71. The number of rotatable bonds is 6. The van der Waals surface area contributed by atoms with Crippen molar-refractivity contribution < 1.29 is 19.4 Å². The van der Waals surface area contributed by atoms with Gasteiger partial charge in [-0.25, -0.2) is 9.78 Å². The Hall–Kier alpha value is -3.18. The predicted molar refractivity (Wildman–Crippen MR) is 119 cm³/mol. The molecule has 1 atom stereocenters. The number of tetrazole rings is 1. The second kappa shape index (κ2) is 8.88. The predicted octanol–water partition coefficient (Wildman–Crippen LogP) is 1.01. The van der Waals surface area contributed by atoms with Gasteiger partial charge in [-0.15, -0.1) is 5.10 Å². The Morgan fingerprint density at radius 3 is 2.65 bits per heavy atom. The molecular weight excluding hydrogens is 438 g/mol. The quantitative estimate of drug-likeness (QED) is 0.619. The van der Waals surface area contributed by atoms with Gasteiger partial charge in [-0.3, -0.25) is 9.69 Å². The highest BCUT2D eigenvalue weighted by Gasteiger charge is 2.50. The van der Waals surface area contributed by atoms with Crippen LogP contribution >= 0.6 is 0 Å². The third-order valence-electron chi connectivity index (χ3n) is 7.81. The van der Waals surface area contributed by atoms with Gasteiger partial charge in [0.15, 0.2) is 5.82 Å². The average Bonchev–Trinajstić information content (AvgIpc) is 3.58. The molecular formula is C23H29N7O4. The lowest BCUT2D eigenvalue weighted by Crippen LogP contribution is -2.44. The number of aromatic nitrogens is 5. The highest BCUT2D eigenvalue weighted by Crippen LogP contribution is 2.47. The van der Waals surface area contributed by atoms with Crippen LogP contribution in [0.3, 0.4) is 0 Å². The summed E-state index contributed by atoms with van der Waals surface area (Å²) in [5, 5.41) is 21.3. The van der Waals surface area contributed by atoms with Gasteiger partial charge in [0.2, 0.25) is 5.91 Å². The zero-order valence-corrected chi connectivity index (χ0v) is 19.4. The summed E-state index contributed by atoms with van der Waals surface area (Å²) in [5.74, 6) is 0.406. The van der Waals surface area contributed by atoms with Gasteiger partial charge in [-0.2, -0.15) is 4.68 Å². The van der Waals surface area contributed by atoms with E-state index in [-0.39, 0.29) is 42.6 Å². The van der Waals surface area contributed by atoms with Crippen molar-refractivity contribution in [3.8, 4) is 5.82 Å². The number of aliphatic hydroxyl groups is 1. The molecule has 1 spiro atoms. The van der Waals surface area contributed by atoms with Crippen LogP contribution in [0.15, 0.2) is 35.9 Å². The van der Waals surface area contributed by atoms with Crippen molar-refractivity contribution in [3.63, 3.8) is 0 Å². The maximum absolute atomic E-state index is 13.4. The lowest BCUT2D eigenvalue weighted by molar-refractivity contribution is -0.138. The SMILES string of the molecule is CC1=C(N2CCC3(CCC(N(C)C(CO)c4ccc(-n5cnnn5)nc4)CC3)C2=O)COC1=O. The Labute approximate surface area is 197 Å². The third kappa shape index (κ3) is 3.78. The van der Waals surface area contributed by atoms with E-state index in [0.29, 0.717) is 17.9 Å². The molecule has 0 radical (unpaired) electrons. The monoisotopic (exact) mass is 467 g/mol. The number of cyclic esters (lactones) is 1. The first kappa shape index (κ1) is 22.6. The maximum atomic E-state index is 13.4. The van der Waals surface area contributed by atoms with E-state index in [1.807, 2.05) is 19.2 Å². The molecule has 4 heterocycles. The van der Waals surface area contributed by atoms with Gasteiger partial charge in [0.25, 0.3) is 0 Å². The molecule has 2 fully saturated rings. The molecule has 1 saturated heterocycles. The van der Waals surface area contributed by atoms with E-state index in [2.05, 4.69) is 25.4 Å². The molecule has 1 aliphatic carbocycles. The Morgan fingerprint density at radius 2 is 2.06 bits per heavy atom. The van der Waals surface area contributed by atoms with E-state index in [4.69, 9.17) is 4.74 Å². The summed E-state index contributed by atoms with van der Waals surface area (Å²) in [5.41, 5.74) is 1.83. The molecule has 1 amide bonds. The van der Waals surface area contributed by atoms with E-state index in [0.717, 1.165) is 43.4 Å². The number of ether oxygens (including phenoxy) is 1. The largest absolute Gasteiger partial charge is 0.456 e. The Balaban J connectivity index is 1.24. The smallest absolute Gasteiger partial charge is 0.336 e. The molecule has 34 heavy (non-hydrogen) atoms. The normalized spacial score (nSPS) is 26.1. The summed E-state index contributed by atoms with van der Waals surface area (Å²) >= 11 is 0. The summed E-state index contributed by atoms with van der Waals surface area (Å²) in [7, 11) is 2.03. The molecule has 2 aromatic rings. The number of pyridine rings is 1. The van der Waals surface area contributed by atoms with Crippen molar-refractivity contribution in [2.24, 2.45) is 5.41 Å². The van der Waals surface area contributed by atoms with Crippen molar-refractivity contribution in [2.75, 3.05) is 26.8 Å². The zero-order chi connectivity index (χ0) is 23.9. The summed E-state index contributed by atoms with van der Waals surface area (Å²) in [6.45, 7) is 2.53. The molecule has 11 nitrogen and oxygen atoms in total. The number of esters is 1. The fourth-order valence-corrected chi connectivity index (χ4v) is 5.57. The molecule has 11 heteroatoms. The number of hydrogen-bond donors (Lipinski definition) is 1. The number of hydrogen-bond acceptors (Lipinski definition) is 9. The minimum absolute atomic E-state index is 0.0295. The maximum Gasteiger partial charge on any atom is 0.336 e. The van der Waals surface area contributed by atoms with Crippen LogP contribution < -0.4 is 0 Å². The van der Waals surface area contributed by atoms with Gasteiger partial charge in [0.05, 0.1) is 29.3 Å².